The van der Waals surface area contributed by atoms with Gasteiger partial charge in [0.25, 0.3) is 0 Å². The van der Waals surface area contributed by atoms with Crippen LogP contribution in [0, 0.1) is 16.7 Å². The fourth-order valence-electron chi connectivity index (χ4n) is 3.64. The molecule has 13 nitrogen and oxygen atoms in total. The van der Waals surface area contributed by atoms with Crippen LogP contribution in [0.15, 0.2) is 12.5 Å². The summed E-state index contributed by atoms with van der Waals surface area (Å²) in [5, 5.41) is 0. The molecule has 1 fully saturated rings. The van der Waals surface area contributed by atoms with Crippen LogP contribution in [0.3, 0.4) is 0 Å². The summed E-state index contributed by atoms with van der Waals surface area (Å²) >= 11 is 0. The lowest BCUT2D eigenvalue weighted by Gasteiger charge is -2.25. The van der Waals surface area contributed by atoms with Crippen molar-refractivity contribution < 1.29 is 37.4 Å². The van der Waals surface area contributed by atoms with E-state index in [0.717, 1.165) is 6.42 Å². The molecule has 3 rings (SSSR count). The van der Waals surface area contributed by atoms with E-state index in [-0.39, 0.29) is 11.9 Å². The Balaban J connectivity index is 1.72. The van der Waals surface area contributed by atoms with E-state index in [9.17, 15) is 14.2 Å². The summed E-state index contributed by atoms with van der Waals surface area (Å²) in [7, 11) is -4.02. The average molecular weight is 556 g/mol. The number of nitrogens with zero attached hydrogens (tertiary/aromatic N) is 4. The van der Waals surface area contributed by atoms with Gasteiger partial charge in [0, 0.05) is 0 Å². The minimum Gasteiger partial charge on any atom is -0.438 e. The van der Waals surface area contributed by atoms with Gasteiger partial charge in [-0.3, -0.25) is 23.2 Å². The predicted octanol–water partition coefficient (Wildman–Crippen LogP) is 3.87. The van der Waals surface area contributed by atoms with Gasteiger partial charge in [-0.05, 0) is 53.9 Å². The normalized spacial score (nSPS) is 19.9. The standard InChI is InChI=1S/C24H38N5O8P/c1-8-16-9-24(16,11-29-12-27-17-10-26-21(25)28-18(17)29)35-15-38(32,36-13-33-19(30)22(2,3)4)37-14-34-20(31)23(5,6)7/h10,12,16H,8-9,11,13-15H2,1-7H3,(H2,25,26,28). The molecule has 14 heteroatoms. The number of nitrogens with two attached hydrogens (primary N) is 1. The van der Waals surface area contributed by atoms with Crippen molar-refractivity contribution in [3.05, 3.63) is 12.5 Å². The number of aromatic nitrogens is 4. The Morgan fingerprint density at radius 3 is 2.16 bits per heavy atom. The number of ether oxygens (including phenoxy) is 3. The third kappa shape index (κ3) is 7.49. The topological polar surface area (TPSA) is 167 Å². The second-order valence-electron chi connectivity index (χ2n) is 11.4. The van der Waals surface area contributed by atoms with E-state index in [4.69, 9.17) is 29.0 Å². The zero-order valence-corrected chi connectivity index (χ0v) is 23.9. The van der Waals surface area contributed by atoms with Crippen LogP contribution in [0.2, 0.25) is 0 Å². The summed E-state index contributed by atoms with van der Waals surface area (Å²) in [6.45, 7) is 11.3. The molecule has 0 bridgehead atoms. The molecule has 2 heterocycles. The first kappa shape index (κ1) is 29.9. The van der Waals surface area contributed by atoms with E-state index in [1.54, 1.807) is 54.1 Å². The molecule has 38 heavy (non-hydrogen) atoms. The van der Waals surface area contributed by atoms with Crippen molar-refractivity contribution in [2.75, 3.05) is 25.7 Å². The van der Waals surface area contributed by atoms with Crippen LogP contribution >= 0.6 is 7.60 Å². The van der Waals surface area contributed by atoms with Gasteiger partial charge in [-0.15, -0.1) is 0 Å². The molecule has 0 saturated heterocycles. The van der Waals surface area contributed by atoms with Crippen LogP contribution in [0.1, 0.15) is 61.3 Å². The molecular weight excluding hydrogens is 517 g/mol. The molecular formula is C24H38N5O8P. The quantitative estimate of drug-likeness (QED) is 0.228. The zero-order valence-electron chi connectivity index (χ0n) is 23.1. The van der Waals surface area contributed by atoms with Gasteiger partial charge >= 0.3 is 19.5 Å². The van der Waals surface area contributed by atoms with Gasteiger partial charge in [-0.25, -0.2) is 9.97 Å². The van der Waals surface area contributed by atoms with Crippen LogP contribution in [0.25, 0.3) is 11.2 Å². The summed E-state index contributed by atoms with van der Waals surface area (Å²) in [5.41, 5.74) is 4.65. The molecule has 0 radical (unpaired) electrons. The average Bonchev–Trinajstić information content (AvgIpc) is 3.39. The van der Waals surface area contributed by atoms with Gasteiger partial charge in [0.2, 0.25) is 19.5 Å². The van der Waals surface area contributed by atoms with Crippen LogP contribution in [0.4, 0.5) is 5.95 Å². The molecule has 1 saturated carbocycles. The van der Waals surface area contributed by atoms with Crippen LogP contribution in [-0.4, -0.2) is 57.0 Å². The molecule has 0 aliphatic heterocycles. The van der Waals surface area contributed by atoms with Gasteiger partial charge in [0.05, 0.1) is 35.5 Å². The highest BCUT2D eigenvalue weighted by molar-refractivity contribution is 7.53. The van der Waals surface area contributed by atoms with Crippen molar-refractivity contribution in [1.82, 2.24) is 19.5 Å². The Labute approximate surface area is 222 Å². The van der Waals surface area contributed by atoms with Gasteiger partial charge in [0.1, 0.15) is 11.9 Å². The summed E-state index contributed by atoms with van der Waals surface area (Å²) in [4.78, 5) is 36.8. The maximum absolute atomic E-state index is 13.6. The number of carbonyl (C=O) groups excluding carboxylic acids is 2. The van der Waals surface area contributed by atoms with Gasteiger partial charge < -0.3 is 24.5 Å². The van der Waals surface area contributed by atoms with E-state index in [1.807, 2.05) is 11.5 Å². The van der Waals surface area contributed by atoms with Crippen molar-refractivity contribution in [3.63, 3.8) is 0 Å². The minimum absolute atomic E-state index is 0.123. The Morgan fingerprint density at radius 1 is 1.08 bits per heavy atom. The van der Waals surface area contributed by atoms with Crippen molar-refractivity contribution >= 4 is 36.6 Å². The predicted molar refractivity (Wildman–Crippen MR) is 137 cm³/mol. The summed E-state index contributed by atoms with van der Waals surface area (Å²) in [5.74, 6) is -0.785. The van der Waals surface area contributed by atoms with Gasteiger partial charge in [-0.1, -0.05) is 13.3 Å². The van der Waals surface area contributed by atoms with E-state index in [0.29, 0.717) is 24.1 Å². The number of hydrogen-bond donors (Lipinski definition) is 1. The minimum atomic E-state index is -4.02. The SMILES string of the molecule is CCC1CC1(Cn1cnc2cnc(N)nc21)OCP(=O)(OCOC(=O)C(C)(C)C)OCOC(=O)C(C)(C)C. The molecule has 1 aliphatic carbocycles. The zero-order chi connectivity index (χ0) is 28.4. The van der Waals surface area contributed by atoms with E-state index < -0.39 is 55.9 Å². The number of fused-ring (bicyclic) bond motifs is 1. The fraction of sp³-hybridized carbons (Fsp3) is 0.708. The number of rotatable bonds is 12. The van der Waals surface area contributed by atoms with Crippen molar-refractivity contribution in [2.45, 2.75) is 73.5 Å². The maximum Gasteiger partial charge on any atom is 0.361 e. The smallest absolute Gasteiger partial charge is 0.361 e. The van der Waals surface area contributed by atoms with Gasteiger partial charge in [-0.2, -0.15) is 4.98 Å². The fourth-order valence-corrected chi connectivity index (χ4v) is 4.70. The Bertz CT molecular complexity index is 1170. The molecule has 212 valence electrons. The number of imidazole rings is 1. The number of esters is 2. The second kappa shape index (κ2) is 11.3. The molecule has 2 atom stereocenters. The number of nitrogen functional groups attached to an aromatic ring is 1. The van der Waals surface area contributed by atoms with Crippen molar-refractivity contribution in [3.8, 4) is 0 Å². The summed E-state index contributed by atoms with van der Waals surface area (Å²) in [6, 6.07) is 0. The van der Waals surface area contributed by atoms with Crippen molar-refractivity contribution in [2.24, 2.45) is 16.7 Å². The Hall–Kier alpha value is -2.60. The maximum atomic E-state index is 13.6. The highest BCUT2D eigenvalue weighted by Crippen LogP contribution is 2.56. The van der Waals surface area contributed by atoms with E-state index in [1.165, 1.54) is 0 Å². The molecule has 0 aromatic carbocycles. The lowest BCUT2D eigenvalue weighted by atomic mass is 9.98. The first-order valence-electron chi connectivity index (χ1n) is 12.4. The first-order valence-corrected chi connectivity index (χ1v) is 14.1. The second-order valence-corrected chi connectivity index (χ2v) is 13.4. The molecule has 2 aromatic heterocycles. The Morgan fingerprint density at radius 2 is 1.66 bits per heavy atom. The van der Waals surface area contributed by atoms with Crippen LogP contribution < -0.4 is 5.73 Å². The van der Waals surface area contributed by atoms with Gasteiger partial charge in [0.15, 0.2) is 5.65 Å². The molecule has 2 unspecified atom stereocenters. The number of carbonyl (C=O) groups is 2. The first-order chi connectivity index (χ1) is 17.6. The lowest BCUT2D eigenvalue weighted by Crippen LogP contribution is -2.27. The Kier molecular flexibility index (Phi) is 8.87. The third-order valence-corrected chi connectivity index (χ3v) is 7.54. The molecule has 0 spiro atoms. The van der Waals surface area contributed by atoms with Crippen molar-refractivity contribution in [1.29, 1.82) is 0 Å². The van der Waals surface area contributed by atoms with Crippen LogP contribution in [-0.2, 0) is 44.0 Å². The highest BCUT2D eigenvalue weighted by atomic mass is 31.2. The molecule has 1 aliphatic rings. The largest absolute Gasteiger partial charge is 0.438 e. The van der Waals surface area contributed by atoms with E-state index >= 15 is 0 Å². The molecule has 0 amide bonds. The highest BCUT2D eigenvalue weighted by Gasteiger charge is 2.56. The third-order valence-electron chi connectivity index (χ3n) is 6.10. The molecule has 2 N–H and O–H groups in total. The van der Waals surface area contributed by atoms with Crippen LogP contribution in [0.5, 0.6) is 0 Å². The number of anilines is 1. The molecule has 2 aromatic rings. The summed E-state index contributed by atoms with van der Waals surface area (Å²) in [6.07, 6.45) is 4.23. The van der Waals surface area contributed by atoms with E-state index in [2.05, 4.69) is 15.0 Å². The lowest BCUT2D eigenvalue weighted by molar-refractivity contribution is -0.162. The monoisotopic (exact) mass is 555 g/mol. The number of hydrogen-bond acceptors (Lipinski definition) is 12. The summed E-state index contributed by atoms with van der Waals surface area (Å²) < 4.78 is 42.6.